The summed E-state index contributed by atoms with van der Waals surface area (Å²) in [5.41, 5.74) is 5.72. The summed E-state index contributed by atoms with van der Waals surface area (Å²) in [6.07, 6.45) is 2.13. The minimum Gasteiger partial charge on any atom is -0.493 e. The van der Waals surface area contributed by atoms with Gasteiger partial charge in [-0.25, -0.2) is 0 Å². The van der Waals surface area contributed by atoms with Crippen molar-refractivity contribution >= 4 is 13.2 Å². The van der Waals surface area contributed by atoms with Gasteiger partial charge in [-0.15, -0.1) is 0 Å². The minimum atomic E-state index is -0.202. The maximum absolute atomic E-state index is 5.78. The number of ether oxygens (including phenoxy) is 1. The van der Waals surface area contributed by atoms with E-state index in [0.29, 0.717) is 0 Å². The minimum absolute atomic E-state index is 0.202. The second kappa shape index (κ2) is 7.93. The first kappa shape index (κ1) is 14.0. The maximum Gasteiger partial charge on any atom is 0.119 e. The van der Waals surface area contributed by atoms with E-state index in [1.165, 1.54) is 5.30 Å². The predicted octanol–water partition coefficient (Wildman–Crippen LogP) is 2.83. The second-order valence-electron chi connectivity index (χ2n) is 4.27. The zero-order valence-electron chi connectivity index (χ0n) is 11.0. The summed E-state index contributed by atoms with van der Waals surface area (Å²) < 4.78 is 5.78. The number of rotatable bonds is 7. The molecule has 0 fully saturated rings. The lowest BCUT2D eigenvalue weighted by molar-refractivity contribution is 0.343. The molecule has 0 amide bonds. The summed E-state index contributed by atoms with van der Waals surface area (Å²) in [6.45, 7) is 1.50. The molecule has 2 rings (SSSR count). The van der Waals surface area contributed by atoms with Crippen LogP contribution in [0.5, 0.6) is 5.75 Å². The second-order valence-corrected chi connectivity index (χ2v) is 6.76. The molecule has 2 aromatic rings. The zero-order chi connectivity index (χ0) is 13.3. The van der Waals surface area contributed by atoms with Gasteiger partial charge in [0.2, 0.25) is 0 Å². The van der Waals surface area contributed by atoms with Crippen molar-refractivity contribution in [1.29, 1.82) is 0 Å². The normalized spacial score (nSPS) is 12.1. The molecule has 2 N–H and O–H groups in total. The molecule has 0 aliphatic rings. The first-order valence-corrected chi connectivity index (χ1v) is 8.29. The van der Waals surface area contributed by atoms with Crippen LogP contribution in [0.3, 0.4) is 0 Å². The summed E-state index contributed by atoms with van der Waals surface area (Å²) in [5, 5.41) is 1.42. The highest BCUT2D eigenvalue weighted by Gasteiger charge is 2.09. The van der Waals surface area contributed by atoms with Crippen LogP contribution in [0, 0.1) is 0 Å². The summed E-state index contributed by atoms with van der Waals surface area (Å²) in [4.78, 5) is 0. The van der Waals surface area contributed by atoms with Crippen molar-refractivity contribution in [2.45, 2.75) is 0 Å². The van der Waals surface area contributed by atoms with E-state index in [-0.39, 0.29) is 7.92 Å². The van der Waals surface area contributed by atoms with Crippen molar-refractivity contribution in [3.8, 4) is 5.75 Å². The SMILES string of the molecule is NCCP(CCOc1ccccc1)c1ccccc1. The van der Waals surface area contributed by atoms with Gasteiger partial charge in [-0.3, -0.25) is 0 Å². The van der Waals surface area contributed by atoms with Crippen LogP contribution in [0.2, 0.25) is 0 Å². The molecule has 19 heavy (non-hydrogen) atoms. The zero-order valence-corrected chi connectivity index (χ0v) is 11.9. The summed E-state index contributed by atoms with van der Waals surface area (Å²) in [7, 11) is -0.202. The molecular weight excluding hydrogens is 253 g/mol. The standard InChI is InChI=1S/C16H20NOP/c17-11-13-19(16-9-5-2-6-10-16)14-12-18-15-7-3-1-4-8-15/h1-10H,11-14,17H2. The van der Waals surface area contributed by atoms with E-state index >= 15 is 0 Å². The molecule has 0 aliphatic carbocycles. The Kier molecular flexibility index (Phi) is 5.87. The van der Waals surface area contributed by atoms with E-state index in [2.05, 4.69) is 30.3 Å². The Bertz CT molecular complexity index is 461. The molecule has 0 aliphatic heterocycles. The third-order valence-corrected chi connectivity index (χ3v) is 5.44. The fourth-order valence-corrected chi connectivity index (χ4v) is 3.91. The van der Waals surface area contributed by atoms with Gasteiger partial charge in [-0.2, -0.15) is 0 Å². The fourth-order valence-electron chi connectivity index (χ4n) is 1.96. The molecule has 0 heterocycles. The van der Waals surface area contributed by atoms with Gasteiger partial charge in [-0.05, 0) is 30.1 Å². The predicted molar refractivity (Wildman–Crippen MR) is 83.7 cm³/mol. The Balaban J connectivity index is 1.87. The van der Waals surface area contributed by atoms with Crippen molar-refractivity contribution in [2.24, 2.45) is 5.73 Å². The largest absolute Gasteiger partial charge is 0.493 e. The van der Waals surface area contributed by atoms with Gasteiger partial charge in [0, 0.05) is 6.16 Å². The van der Waals surface area contributed by atoms with Gasteiger partial charge in [0.15, 0.2) is 0 Å². The quantitative estimate of drug-likeness (QED) is 0.787. The Morgan fingerprint density at radius 3 is 2.11 bits per heavy atom. The molecule has 0 saturated heterocycles. The monoisotopic (exact) mass is 273 g/mol. The van der Waals surface area contributed by atoms with Gasteiger partial charge in [0.1, 0.15) is 5.75 Å². The molecule has 0 saturated carbocycles. The highest BCUT2D eigenvalue weighted by molar-refractivity contribution is 7.65. The molecule has 0 aromatic heterocycles. The summed E-state index contributed by atoms with van der Waals surface area (Å²) in [6, 6.07) is 20.6. The van der Waals surface area contributed by atoms with E-state index in [0.717, 1.165) is 31.2 Å². The number of hydrogen-bond acceptors (Lipinski definition) is 2. The molecule has 3 heteroatoms. The molecular formula is C16H20NOP. The third-order valence-electron chi connectivity index (χ3n) is 2.89. The third kappa shape index (κ3) is 4.66. The maximum atomic E-state index is 5.78. The number of benzene rings is 2. The van der Waals surface area contributed by atoms with Crippen molar-refractivity contribution in [1.82, 2.24) is 0 Å². The number of nitrogens with two attached hydrogens (primary N) is 1. The molecule has 0 bridgehead atoms. The van der Waals surface area contributed by atoms with Gasteiger partial charge < -0.3 is 10.5 Å². The highest BCUT2D eigenvalue weighted by atomic mass is 31.1. The van der Waals surface area contributed by atoms with Gasteiger partial charge in [-0.1, -0.05) is 56.5 Å². The lowest BCUT2D eigenvalue weighted by atomic mass is 10.3. The first-order chi connectivity index (χ1) is 9.40. The average Bonchev–Trinajstić information content (AvgIpc) is 2.48. The van der Waals surface area contributed by atoms with E-state index in [1.807, 2.05) is 30.3 Å². The van der Waals surface area contributed by atoms with Crippen LogP contribution >= 0.6 is 7.92 Å². The van der Waals surface area contributed by atoms with Crippen molar-refractivity contribution in [2.75, 3.05) is 25.5 Å². The Morgan fingerprint density at radius 2 is 1.47 bits per heavy atom. The van der Waals surface area contributed by atoms with Crippen LogP contribution in [0.4, 0.5) is 0 Å². The topological polar surface area (TPSA) is 35.2 Å². The molecule has 100 valence electrons. The van der Waals surface area contributed by atoms with Gasteiger partial charge in [0.05, 0.1) is 6.61 Å². The molecule has 2 aromatic carbocycles. The van der Waals surface area contributed by atoms with Crippen LogP contribution in [-0.4, -0.2) is 25.5 Å². The Hall–Kier alpha value is -1.37. The molecule has 1 unspecified atom stereocenters. The van der Waals surface area contributed by atoms with Gasteiger partial charge >= 0.3 is 0 Å². The van der Waals surface area contributed by atoms with Crippen molar-refractivity contribution in [3.05, 3.63) is 60.7 Å². The van der Waals surface area contributed by atoms with Crippen LogP contribution in [0.25, 0.3) is 0 Å². The van der Waals surface area contributed by atoms with Crippen LogP contribution < -0.4 is 15.8 Å². The number of hydrogen-bond donors (Lipinski definition) is 1. The summed E-state index contributed by atoms with van der Waals surface area (Å²) in [5.74, 6) is 0.943. The Labute approximate surface area is 116 Å². The van der Waals surface area contributed by atoms with Crippen molar-refractivity contribution < 1.29 is 4.74 Å². The molecule has 0 spiro atoms. The van der Waals surface area contributed by atoms with Crippen molar-refractivity contribution in [3.63, 3.8) is 0 Å². The van der Waals surface area contributed by atoms with E-state index in [9.17, 15) is 0 Å². The number of para-hydroxylation sites is 1. The van der Waals surface area contributed by atoms with Crippen LogP contribution in [-0.2, 0) is 0 Å². The van der Waals surface area contributed by atoms with E-state index < -0.39 is 0 Å². The fraction of sp³-hybridized carbons (Fsp3) is 0.250. The lowest BCUT2D eigenvalue weighted by Crippen LogP contribution is -2.15. The molecule has 1 atom stereocenters. The Morgan fingerprint density at radius 1 is 0.842 bits per heavy atom. The van der Waals surface area contributed by atoms with Crippen LogP contribution in [0.1, 0.15) is 0 Å². The van der Waals surface area contributed by atoms with E-state index in [1.54, 1.807) is 0 Å². The van der Waals surface area contributed by atoms with Gasteiger partial charge in [0.25, 0.3) is 0 Å². The van der Waals surface area contributed by atoms with Crippen LogP contribution in [0.15, 0.2) is 60.7 Å². The average molecular weight is 273 g/mol. The molecule has 2 nitrogen and oxygen atoms in total. The summed E-state index contributed by atoms with van der Waals surface area (Å²) >= 11 is 0. The lowest BCUT2D eigenvalue weighted by Gasteiger charge is -2.17. The smallest absolute Gasteiger partial charge is 0.119 e. The molecule has 0 radical (unpaired) electrons. The highest BCUT2D eigenvalue weighted by Crippen LogP contribution is 2.33. The first-order valence-electron chi connectivity index (χ1n) is 6.58. The van der Waals surface area contributed by atoms with E-state index in [4.69, 9.17) is 10.5 Å².